The van der Waals surface area contributed by atoms with Crippen molar-refractivity contribution in [1.29, 1.82) is 0 Å². The first-order valence-electron chi connectivity index (χ1n) is 15.2. The van der Waals surface area contributed by atoms with Crippen molar-refractivity contribution in [1.82, 2.24) is 9.38 Å². The number of rotatable bonds is 4. The van der Waals surface area contributed by atoms with E-state index in [-0.39, 0.29) is 0 Å². The molecule has 7 aromatic carbocycles. The number of aromatic nitrogens is 2. The van der Waals surface area contributed by atoms with Crippen LogP contribution >= 0.6 is 6.04 Å². The maximum Gasteiger partial charge on any atom is 0.146 e. The van der Waals surface area contributed by atoms with Gasteiger partial charge in [-0.1, -0.05) is 157 Å². The molecule has 0 amide bonds. The predicted molar refractivity (Wildman–Crippen MR) is 197 cm³/mol. The van der Waals surface area contributed by atoms with Crippen molar-refractivity contribution in [3.8, 4) is 11.1 Å². The van der Waals surface area contributed by atoms with Crippen molar-refractivity contribution in [2.75, 3.05) is 0 Å². The molecule has 0 unspecified atom stereocenters. The molecule has 2 heterocycles. The highest BCUT2D eigenvalue weighted by Gasteiger charge is 2.27. The molecule has 0 bridgehead atoms. The van der Waals surface area contributed by atoms with Gasteiger partial charge in [-0.25, -0.2) is 4.98 Å². The van der Waals surface area contributed by atoms with Gasteiger partial charge in [-0.15, -0.1) is 0 Å². The Morgan fingerprint density at radius 3 is 1.80 bits per heavy atom. The average molecular weight is 611 g/mol. The van der Waals surface area contributed by atoms with E-state index in [2.05, 4.69) is 168 Å². The molecule has 9 aromatic rings. The van der Waals surface area contributed by atoms with E-state index in [4.69, 9.17) is 16.8 Å². The van der Waals surface area contributed by atoms with Gasteiger partial charge in [0.05, 0.1) is 16.6 Å². The van der Waals surface area contributed by atoms with Gasteiger partial charge in [-0.05, 0) is 56.1 Å². The predicted octanol–water partition coefficient (Wildman–Crippen LogP) is 9.37. The minimum absolute atomic E-state index is 0.989. The summed E-state index contributed by atoms with van der Waals surface area (Å²) in [5, 5.41) is 9.65. The summed E-state index contributed by atoms with van der Waals surface area (Å²) < 4.78 is 2.33. The van der Waals surface area contributed by atoms with E-state index in [9.17, 15) is 0 Å². The van der Waals surface area contributed by atoms with Gasteiger partial charge in [0.15, 0.2) is 0 Å². The summed E-state index contributed by atoms with van der Waals surface area (Å²) in [6.45, 7) is 0. The highest BCUT2D eigenvalue weighted by atomic mass is 32.4. The third-order valence-electron chi connectivity index (χ3n) is 9.05. The average Bonchev–Trinajstić information content (AvgIpc) is 3.52. The number of benzene rings is 7. The third kappa shape index (κ3) is 3.95. The van der Waals surface area contributed by atoms with Crippen LogP contribution in [0.3, 0.4) is 0 Å². The Bertz CT molecular complexity index is 2580. The van der Waals surface area contributed by atoms with Crippen LogP contribution in [0.2, 0.25) is 0 Å². The molecule has 0 fully saturated rings. The molecule has 0 atom stereocenters. The molecule has 2 aromatic heterocycles. The van der Waals surface area contributed by atoms with Gasteiger partial charge in [0.2, 0.25) is 0 Å². The number of nitrogens with zero attached hydrogens (tertiary/aromatic N) is 2. The topological polar surface area (TPSA) is 17.3 Å². The Morgan fingerprint density at radius 2 is 1.07 bits per heavy atom. The standard InChI is InChI=1S/C41H27N2PS/c45-44(29-13-3-1-4-14-29,30-15-5-2-6-16-30)40-26-25-31(32-17-7-9-19-35(32)40)28-23-24-34-33-18-8-10-20-36(33)41-42-37-21-11-12-22-38(37)43(41)39(34)27-28/h1-27H. The highest BCUT2D eigenvalue weighted by molar-refractivity contribution is 8.25. The van der Waals surface area contributed by atoms with E-state index in [0.29, 0.717) is 0 Å². The summed E-state index contributed by atoms with van der Waals surface area (Å²) >= 11 is 6.79. The Balaban J connectivity index is 1.34. The number of hydrogen-bond acceptors (Lipinski definition) is 2. The second kappa shape index (κ2) is 10.2. The van der Waals surface area contributed by atoms with Crippen molar-refractivity contribution >= 4 is 82.9 Å². The molecule has 0 radical (unpaired) electrons. The minimum Gasteiger partial charge on any atom is -0.292 e. The van der Waals surface area contributed by atoms with Crippen LogP contribution in [0, 0.1) is 0 Å². The van der Waals surface area contributed by atoms with Gasteiger partial charge >= 0.3 is 0 Å². The van der Waals surface area contributed by atoms with Gasteiger partial charge < -0.3 is 0 Å². The zero-order valence-corrected chi connectivity index (χ0v) is 26.0. The Kier molecular flexibility index (Phi) is 5.99. The summed E-state index contributed by atoms with van der Waals surface area (Å²) in [5.74, 6) is 0. The second-order valence-electron chi connectivity index (χ2n) is 11.5. The third-order valence-corrected chi connectivity index (χ3v) is 14.0. The van der Waals surface area contributed by atoms with E-state index < -0.39 is 6.04 Å². The summed E-state index contributed by atoms with van der Waals surface area (Å²) in [4.78, 5) is 5.10. The van der Waals surface area contributed by atoms with Crippen LogP contribution in [0.5, 0.6) is 0 Å². The zero-order chi connectivity index (χ0) is 30.0. The maximum atomic E-state index is 6.79. The lowest BCUT2D eigenvalue weighted by Gasteiger charge is -2.26. The van der Waals surface area contributed by atoms with Crippen LogP contribution < -0.4 is 15.9 Å². The molecule has 2 nitrogen and oxygen atoms in total. The molecule has 0 spiro atoms. The maximum absolute atomic E-state index is 6.79. The fraction of sp³-hybridized carbons (Fsp3) is 0. The van der Waals surface area contributed by atoms with E-state index in [1.165, 1.54) is 48.6 Å². The molecule has 0 aliphatic carbocycles. The lowest BCUT2D eigenvalue weighted by atomic mass is 9.96. The van der Waals surface area contributed by atoms with Gasteiger partial charge in [-0.3, -0.25) is 4.40 Å². The van der Waals surface area contributed by atoms with Crippen LogP contribution in [0.15, 0.2) is 164 Å². The molecule has 0 aliphatic heterocycles. The summed E-state index contributed by atoms with van der Waals surface area (Å²) in [7, 11) is 0. The zero-order valence-electron chi connectivity index (χ0n) is 24.3. The SMILES string of the molecule is S=P(c1ccccc1)(c1ccccc1)c1ccc(-c2ccc3c4ccccc4c4nc5ccccc5n4c3c2)c2ccccc12. The first-order valence-corrected chi connectivity index (χ1v) is 18.0. The van der Waals surface area contributed by atoms with Crippen molar-refractivity contribution in [2.24, 2.45) is 0 Å². The van der Waals surface area contributed by atoms with E-state index in [1.54, 1.807) is 0 Å². The first kappa shape index (κ1) is 26.3. The quantitative estimate of drug-likeness (QED) is 0.146. The number of hydrogen-bond donors (Lipinski definition) is 0. The molecule has 0 N–H and O–H groups in total. The molecule has 9 rings (SSSR count). The molecular formula is C41H27N2PS. The summed E-state index contributed by atoms with van der Waals surface area (Å²) in [6.07, 6.45) is 0. The van der Waals surface area contributed by atoms with Crippen LogP contribution in [0.25, 0.3) is 60.3 Å². The smallest absolute Gasteiger partial charge is 0.146 e. The molecule has 212 valence electrons. The molecular weight excluding hydrogens is 584 g/mol. The largest absolute Gasteiger partial charge is 0.292 e. The van der Waals surface area contributed by atoms with Gasteiger partial charge in [0, 0.05) is 22.1 Å². The van der Waals surface area contributed by atoms with Crippen LogP contribution in [0.4, 0.5) is 0 Å². The normalized spacial score (nSPS) is 12.1. The number of imidazole rings is 1. The van der Waals surface area contributed by atoms with E-state index >= 15 is 0 Å². The van der Waals surface area contributed by atoms with Gasteiger partial charge in [0.1, 0.15) is 5.65 Å². The Labute approximate surface area is 266 Å². The number of para-hydroxylation sites is 2. The highest BCUT2D eigenvalue weighted by Crippen LogP contribution is 2.46. The van der Waals surface area contributed by atoms with Crippen molar-refractivity contribution in [3.63, 3.8) is 0 Å². The lowest BCUT2D eigenvalue weighted by molar-refractivity contribution is 1.31. The monoisotopic (exact) mass is 610 g/mol. The van der Waals surface area contributed by atoms with E-state index in [0.717, 1.165) is 27.6 Å². The first-order chi connectivity index (χ1) is 22.2. The summed E-state index contributed by atoms with van der Waals surface area (Å²) in [5.41, 5.74) is 6.64. The second-order valence-corrected chi connectivity index (χ2v) is 15.9. The summed E-state index contributed by atoms with van der Waals surface area (Å²) in [6, 6.07) is 56.3. The van der Waals surface area contributed by atoms with E-state index in [1.807, 2.05) is 0 Å². The van der Waals surface area contributed by atoms with Crippen LogP contribution in [-0.4, -0.2) is 9.38 Å². The minimum atomic E-state index is -2.33. The van der Waals surface area contributed by atoms with Gasteiger partial charge in [0.25, 0.3) is 0 Å². The van der Waals surface area contributed by atoms with Crippen molar-refractivity contribution < 1.29 is 0 Å². The van der Waals surface area contributed by atoms with Crippen LogP contribution in [-0.2, 0) is 11.8 Å². The number of fused-ring (bicyclic) bond motifs is 9. The van der Waals surface area contributed by atoms with Crippen LogP contribution in [0.1, 0.15) is 0 Å². The molecule has 45 heavy (non-hydrogen) atoms. The van der Waals surface area contributed by atoms with Crippen molar-refractivity contribution in [3.05, 3.63) is 164 Å². The molecule has 0 saturated heterocycles. The Morgan fingerprint density at radius 1 is 0.467 bits per heavy atom. The fourth-order valence-corrected chi connectivity index (χ4v) is 11.1. The fourth-order valence-electron chi connectivity index (χ4n) is 6.99. The Hall–Kier alpha value is -5.08. The van der Waals surface area contributed by atoms with Gasteiger partial charge in [-0.2, -0.15) is 0 Å². The van der Waals surface area contributed by atoms with Crippen molar-refractivity contribution in [2.45, 2.75) is 0 Å². The molecule has 0 aliphatic rings. The lowest BCUT2D eigenvalue weighted by Crippen LogP contribution is -2.25. The number of pyridine rings is 1. The molecule has 4 heteroatoms. The molecule has 0 saturated carbocycles.